The van der Waals surface area contributed by atoms with Gasteiger partial charge in [-0.05, 0) is 49.8 Å². The van der Waals surface area contributed by atoms with E-state index in [1.165, 1.54) is 0 Å². The molecule has 0 bridgehead atoms. The molecule has 3 N–H and O–H groups in total. The molecule has 0 saturated heterocycles. The van der Waals surface area contributed by atoms with Crippen LogP contribution in [0.15, 0.2) is 17.0 Å². The zero-order chi connectivity index (χ0) is 14.2. The van der Waals surface area contributed by atoms with Crippen LogP contribution in [0.25, 0.3) is 0 Å². The molecule has 1 aliphatic carbocycles. The largest absolute Gasteiger partial charge is 0.398 e. The molecule has 0 heterocycles. The van der Waals surface area contributed by atoms with E-state index in [1.54, 1.807) is 26.0 Å². The predicted octanol–water partition coefficient (Wildman–Crippen LogP) is 2.35. The molecule has 2 unspecified atom stereocenters. The highest BCUT2D eigenvalue weighted by molar-refractivity contribution is 7.89. The molecule has 1 aromatic rings. The molecule has 1 fully saturated rings. The Morgan fingerprint density at radius 1 is 1.37 bits per heavy atom. The van der Waals surface area contributed by atoms with E-state index < -0.39 is 10.0 Å². The van der Waals surface area contributed by atoms with Gasteiger partial charge < -0.3 is 5.73 Å². The molecule has 0 aliphatic heterocycles. The number of nitrogen functional groups attached to an aromatic ring is 1. The van der Waals surface area contributed by atoms with Gasteiger partial charge in [0.2, 0.25) is 10.0 Å². The molecular weight excluding hydrogens is 260 g/mol. The smallest absolute Gasteiger partial charge is 0.241 e. The predicted molar refractivity (Wildman–Crippen MR) is 77.5 cm³/mol. The normalized spacial score (nSPS) is 22.5. The van der Waals surface area contributed by atoms with Gasteiger partial charge in [-0.2, -0.15) is 0 Å². The number of anilines is 1. The zero-order valence-electron chi connectivity index (χ0n) is 11.7. The van der Waals surface area contributed by atoms with Crippen molar-refractivity contribution in [2.24, 2.45) is 5.92 Å². The van der Waals surface area contributed by atoms with Gasteiger partial charge in [0.15, 0.2) is 0 Å². The second-order valence-electron chi connectivity index (χ2n) is 5.44. The SMILES string of the molecule is CCCC1CC1NS(=O)(=O)c1c(C)ccc(N)c1C. The van der Waals surface area contributed by atoms with Crippen molar-refractivity contribution in [1.29, 1.82) is 0 Å². The summed E-state index contributed by atoms with van der Waals surface area (Å²) in [6, 6.07) is 3.61. The van der Waals surface area contributed by atoms with Crippen LogP contribution < -0.4 is 10.5 Å². The van der Waals surface area contributed by atoms with E-state index in [0.29, 0.717) is 22.1 Å². The number of sulfonamides is 1. The minimum atomic E-state index is -3.46. The molecule has 2 atom stereocenters. The van der Waals surface area contributed by atoms with Gasteiger partial charge in [0.1, 0.15) is 0 Å². The summed E-state index contributed by atoms with van der Waals surface area (Å²) in [7, 11) is -3.46. The lowest BCUT2D eigenvalue weighted by atomic mass is 10.1. The van der Waals surface area contributed by atoms with Crippen molar-refractivity contribution in [3.05, 3.63) is 23.3 Å². The zero-order valence-corrected chi connectivity index (χ0v) is 12.5. The summed E-state index contributed by atoms with van der Waals surface area (Å²) in [5.41, 5.74) is 7.72. The van der Waals surface area contributed by atoms with Crippen molar-refractivity contribution in [3.8, 4) is 0 Å². The maximum Gasteiger partial charge on any atom is 0.241 e. The fraction of sp³-hybridized carbons (Fsp3) is 0.571. The Hall–Kier alpha value is -1.07. The van der Waals surface area contributed by atoms with E-state index in [-0.39, 0.29) is 6.04 Å². The Morgan fingerprint density at radius 2 is 2.05 bits per heavy atom. The monoisotopic (exact) mass is 282 g/mol. The summed E-state index contributed by atoms with van der Waals surface area (Å²) in [5.74, 6) is 0.501. The minimum Gasteiger partial charge on any atom is -0.398 e. The fourth-order valence-corrected chi connectivity index (χ4v) is 4.41. The van der Waals surface area contributed by atoms with Gasteiger partial charge in [-0.1, -0.05) is 19.4 Å². The van der Waals surface area contributed by atoms with Crippen LogP contribution in [-0.2, 0) is 10.0 Å². The van der Waals surface area contributed by atoms with E-state index >= 15 is 0 Å². The van der Waals surface area contributed by atoms with E-state index in [1.807, 2.05) is 0 Å². The molecule has 0 amide bonds. The van der Waals surface area contributed by atoms with Crippen LogP contribution in [0.3, 0.4) is 0 Å². The summed E-state index contributed by atoms with van der Waals surface area (Å²) in [6.07, 6.45) is 3.13. The molecule has 0 radical (unpaired) electrons. The molecule has 106 valence electrons. The lowest BCUT2D eigenvalue weighted by Crippen LogP contribution is -2.28. The minimum absolute atomic E-state index is 0.102. The Morgan fingerprint density at radius 3 is 2.68 bits per heavy atom. The van der Waals surface area contributed by atoms with Crippen molar-refractivity contribution in [1.82, 2.24) is 4.72 Å². The number of nitrogens with two attached hydrogens (primary N) is 1. The van der Waals surface area contributed by atoms with Crippen molar-refractivity contribution < 1.29 is 8.42 Å². The number of nitrogens with one attached hydrogen (secondary N) is 1. The van der Waals surface area contributed by atoms with Crippen molar-refractivity contribution in [2.75, 3.05) is 5.73 Å². The van der Waals surface area contributed by atoms with E-state index in [0.717, 1.165) is 24.8 Å². The van der Waals surface area contributed by atoms with Gasteiger partial charge in [0.05, 0.1) is 4.90 Å². The van der Waals surface area contributed by atoms with E-state index in [9.17, 15) is 8.42 Å². The quantitative estimate of drug-likeness (QED) is 0.814. The average Bonchev–Trinajstić information content (AvgIpc) is 3.01. The summed E-state index contributed by atoms with van der Waals surface area (Å²) in [5, 5.41) is 0. The number of aryl methyl sites for hydroxylation is 1. The van der Waals surface area contributed by atoms with Gasteiger partial charge in [-0.25, -0.2) is 13.1 Å². The Kier molecular flexibility index (Phi) is 3.87. The van der Waals surface area contributed by atoms with Crippen molar-refractivity contribution in [2.45, 2.75) is 51.0 Å². The molecule has 1 saturated carbocycles. The molecule has 4 nitrogen and oxygen atoms in total. The Bertz CT molecular complexity index is 581. The van der Waals surface area contributed by atoms with Crippen LogP contribution in [0.4, 0.5) is 5.69 Å². The van der Waals surface area contributed by atoms with Gasteiger partial charge in [-0.15, -0.1) is 0 Å². The first kappa shape index (κ1) is 14.3. The number of benzene rings is 1. The summed E-state index contributed by atoms with van der Waals surface area (Å²) in [6.45, 7) is 5.68. The summed E-state index contributed by atoms with van der Waals surface area (Å²) >= 11 is 0. The Balaban J connectivity index is 2.24. The topological polar surface area (TPSA) is 72.2 Å². The van der Waals surface area contributed by atoms with Gasteiger partial charge >= 0.3 is 0 Å². The third-order valence-electron chi connectivity index (χ3n) is 3.80. The maximum atomic E-state index is 12.5. The lowest BCUT2D eigenvalue weighted by Gasteiger charge is -2.13. The highest BCUT2D eigenvalue weighted by atomic mass is 32.2. The van der Waals surface area contributed by atoms with Crippen LogP contribution in [0.5, 0.6) is 0 Å². The summed E-state index contributed by atoms with van der Waals surface area (Å²) in [4.78, 5) is 0.342. The van der Waals surface area contributed by atoms with Gasteiger partial charge in [0.25, 0.3) is 0 Å². The van der Waals surface area contributed by atoms with Crippen LogP contribution >= 0.6 is 0 Å². The molecule has 2 rings (SSSR count). The highest BCUT2D eigenvalue weighted by Crippen LogP contribution is 2.36. The standard InChI is InChI=1S/C14H22N2O2S/c1-4-5-11-8-13(11)16-19(17,18)14-9(2)6-7-12(15)10(14)3/h6-7,11,13,16H,4-5,8,15H2,1-3H3. The van der Waals surface area contributed by atoms with Crippen LogP contribution in [0, 0.1) is 19.8 Å². The number of hydrogen-bond acceptors (Lipinski definition) is 3. The number of rotatable bonds is 5. The van der Waals surface area contributed by atoms with Crippen LogP contribution in [0.2, 0.25) is 0 Å². The maximum absolute atomic E-state index is 12.5. The van der Waals surface area contributed by atoms with Crippen LogP contribution in [0.1, 0.15) is 37.3 Å². The molecule has 1 aromatic carbocycles. The average molecular weight is 282 g/mol. The van der Waals surface area contributed by atoms with Gasteiger partial charge in [-0.3, -0.25) is 0 Å². The highest BCUT2D eigenvalue weighted by Gasteiger charge is 2.39. The molecule has 0 aromatic heterocycles. The molecular formula is C14H22N2O2S. The van der Waals surface area contributed by atoms with E-state index in [4.69, 9.17) is 5.73 Å². The second kappa shape index (κ2) is 5.13. The third kappa shape index (κ3) is 2.92. The second-order valence-corrected chi connectivity index (χ2v) is 7.09. The Labute approximate surface area is 115 Å². The van der Waals surface area contributed by atoms with E-state index in [2.05, 4.69) is 11.6 Å². The lowest BCUT2D eigenvalue weighted by molar-refractivity contribution is 0.572. The number of hydrogen-bond donors (Lipinski definition) is 2. The van der Waals surface area contributed by atoms with Crippen molar-refractivity contribution >= 4 is 15.7 Å². The van der Waals surface area contributed by atoms with Crippen LogP contribution in [-0.4, -0.2) is 14.5 Å². The van der Waals surface area contributed by atoms with Crippen molar-refractivity contribution in [3.63, 3.8) is 0 Å². The fourth-order valence-electron chi connectivity index (χ4n) is 2.60. The molecule has 19 heavy (non-hydrogen) atoms. The first-order valence-corrected chi connectivity index (χ1v) is 8.23. The molecule has 5 heteroatoms. The first-order valence-electron chi connectivity index (χ1n) is 6.74. The molecule has 1 aliphatic rings. The first-order chi connectivity index (χ1) is 8.86. The molecule has 0 spiro atoms. The van der Waals surface area contributed by atoms with Gasteiger partial charge in [0, 0.05) is 11.7 Å². The summed E-state index contributed by atoms with van der Waals surface area (Å²) < 4.78 is 27.7. The third-order valence-corrected chi connectivity index (χ3v) is 5.58.